The van der Waals surface area contributed by atoms with Gasteiger partial charge in [0.05, 0.1) is 5.41 Å². The predicted octanol–water partition coefficient (Wildman–Crippen LogP) is 3.65. The van der Waals surface area contributed by atoms with Gasteiger partial charge in [-0.05, 0) is 54.8 Å². The van der Waals surface area contributed by atoms with E-state index in [1.807, 2.05) is 32.0 Å². The van der Waals surface area contributed by atoms with E-state index in [0.29, 0.717) is 5.02 Å². The van der Waals surface area contributed by atoms with E-state index >= 15 is 0 Å². The molecule has 0 spiro atoms. The van der Waals surface area contributed by atoms with Crippen LogP contribution in [-0.4, -0.2) is 11.0 Å². The van der Waals surface area contributed by atoms with Gasteiger partial charge in [0.2, 0.25) is 5.91 Å². The van der Waals surface area contributed by atoms with E-state index < -0.39 is 11.5 Å². The molecule has 1 aliphatic heterocycles. The Morgan fingerprint density at radius 2 is 1.71 bits per heavy atom. The second-order valence-electron chi connectivity index (χ2n) is 5.84. The molecule has 3 nitrogen and oxygen atoms in total. The van der Waals surface area contributed by atoms with E-state index in [2.05, 4.69) is 5.32 Å². The number of hydrogen-bond acceptors (Lipinski definition) is 2. The van der Waals surface area contributed by atoms with Crippen molar-refractivity contribution in [2.75, 3.05) is 5.32 Å². The van der Waals surface area contributed by atoms with Gasteiger partial charge in [-0.1, -0.05) is 29.8 Å². The molecule has 1 heterocycles. The summed E-state index contributed by atoms with van der Waals surface area (Å²) in [7, 11) is 0. The highest BCUT2D eigenvalue weighted by Gasteiger charge is 2.38. The summed E-state index contributed by atoms with van der Waals surface area (Å²) in [4.78, 5) is 12.0. The first-order valence-electron chi connectivity index (χ1n) is 6.79. The Morgan fingerprint density at radius 3 is 2.38 bits per heavy atom. The molecule has 0 radical (unpaired) electrons. The Hall–Kier alpha value is -1.84. The molecule has 108 valence electrons. The van der Waals surface area contributed by atoms with Gasteiger partial charge in [0.15, 0.2) is 0 Å². The van der Waals surface area contributed by atoms with Gasteiger partial charge in [0.1, 0.15) is 6.10 Å². The van der Waals surface area contributed by atoms with Crippen molar-refractivity contribution in [1.29, 1.82) is 0 Å². The first kappa shape index (κ1) is 14.1. The second-order valence-corrected chi connectivity index (χ2v) is 6.27. The summed E-state index contributed by atoms with van der Waals surface area (Å²) in [5.41, 5.74) is 2.69. The fourth-order valence-electron chi connectivity index (χ4n) is 2.60. The zero-order valence-electron chi connectivity index (χ0n) is 11.9. The van der Waals surface area contributed by atoms with Crippen molar-refractivity contribution < 1.29 is 9.90 Å². The minimum absolute atomic E-state index is 0.0179. The predicted molar refractivity (Wildman–Crippen MR) is 83.6 cm³/mol. The number of amides is 1. The van der Waals surface area contributed by atoms with Crippen molar-refractivity contribution in [3.63, 3.8) is 0 Å². The maximum atomic E-state index is 12.0. The highest BCUT2D eigenvalue weighted by molar-refractivity contribution is 6.30. The molecule has 2 aromatic rings. The number of halogens is 1. The zero-order valence-corrected chi connectivity index (χ0v) is 12.6. The molecule has 3 rings (SSSR count). The molecule has 0 saturated carbocycles. The van der Waals surface area contributed by atoms with Crippen LogP contribution in [0.4, 0.5) is 5.69 Å². The zero-order chi connectivity index (χ0) is 15.2. The van der Waals surface area contributed by atoms with E-state index in [4.69, 9.17) is 11.6 Å². The van der Waals surface area contributed by atoms with Crippen molar-refractivity contribution >= 4 is 23.2 Å². The normalized spacial score (nSPS) is 17.2. The number of aliphatic hydroxyl groups is 1. The van der Waals surface area contributed by atoms with Crippen LogP contribution in [0.5, 0.6) is 0 Å². The number of rotatable bonds is 2. The van der Waals surface area contributed by atoms with Crippen molar-refractivity contribution in [2.45, 2.75) is 25.4 Å². The summed E-state index contributed by atoms with van der Waals surface area (Å²) in [6.07, 6.45) is -0.737. The Kier molecular flexibility index (Phi) is 3.27. The largest absolute Gasteiger partial charge is 0.384 e. The number of carbonyl (C=O) groups excluding carboxylic acids is 1. The van der Waals surface area contributed by atoms with E-state index in [9.17, 15) is 9.90 Å². The lowest BCUT2D eigenvalue weighted by atomic mass is 9.84. The number of fused-ring (bicyclic) bond motifs is 1. The van der Waals surface area contributed by atoms with E-state index in [1.54, 1.807) is 24.3 Å². The second kappa shape index (κ2) is 4.86. The molecule has 0 fully saturated rings. The molecule has 0 bridgehead atoms. The fourth-order valence-corrected chi connectivity index (χ4v) is 2.72. The summed E-state index contributed by atoms with van der Waals surface area (Å²) in [6.45, 7) is 3.76. The van der Waals surface area contributed by atoms with Crippen LogP contribution in [0.15, 0.2) is 42.5 Å². The number of anilines is 1. The summed E-state index contributed by atoms with van der Waals surface area (Å²) in [5.74, 6) is -0.0179. The molecule has 1 amide bonds. The van der Waals surface area contributed by atoms with Crippen LogP contribution in [0.25, 0.3) is 0 Å². The first-order valence-corrected chi connectivity index (χ1v) is 7.17. The Morgan fingerprint density at radius 1 is 1.10 bits per heavy atom. The Bertz CT molecular complexity index is 707. The average Bonchev–Trinajstić information content (AvgIpc) is 2.69. The van der Waals surface area contributed by atoms with Gasteiger partial charge in [0, 0.05) is 10.7 Å². The fraction of sp³-hybridized carbons (Fsp3) is 0.235. The van der Waals surface area contributed by atoms with Crippen LogP contribution in [-0.2, 0) is 10.2 Å². The Balaban J connectivity index is 2.00. The number of aliphatic hydroxyl groups excluding tert-OH is 1. The third-order valence-electron chi connectivity index (χ3n) is 4.03. The molecule has 2 N–H and O–H groups in total. The third-order valence-corrected chi connectivity index (χ3v) is 4.29. The molecule has 1 unspecified atom stereocenters. The highest BCUT2D eigenvalue weighted by atomic mass is 35.5. The molecule has 0 aliphatic carbocycles. The van der Waals surface area contributed by atoms with Crippen LogP contribution >= 0.6 is 11.6 Å². The quantitative estimate of drug-likeness (QED) is 0.889. The summed E-state index contributed by atoms with van der Waals surface area (Å²) in [6, 6.07) is 12.7. The summed E-state index contributed by atoms with van der Waals surface area (Å²) >= 11 is 5.87. The standard InChI is InChI=1S/C17H16ClNO2/c1-17(2)13-9-11(5-8-14(13)19-16(17)21)15(20)10-3-6-12(18)7-4-10/h3-9,15,20H,1-2H3,(H,19,21). The lowest BCUT2D eigenvalue weighted by Gasteiger charge is -2.18. The van der Waals surface area contributed by atoms with E-state index in [0.717, 1.165) is 22.4 Å². The number of nitrogens with one attached hydrogen (secondary N) is 1. The smallest absolute Gasteiger partial charge is 0.234 e. The van der Waals surface area contributed by atoms with Crippen LogP contribution in [0.1, 0.15) is 36.6 Å². The minimum Gasteiger partial charge on any atom is -0.384 e. The summed E-state index contributed by atoms with van der Waals surface area (Å²) in [5, 5.41) is 14.0. The third kappa shape index (κ3) is 2.33. The first-order chi connectivity index (χ1) is 9.89. The SMILES string of the molecule is CC1(C)C(=O)Nc2ccc(C(O)c3ccc(Cl)cc3)cc21. The van der Waals surface area contributed by atoms with Crippen molar-refractivity contribution in [3.05, 3.63) is 64.2 Å². The van der Waals surface area contributed by atoms with E-state index in [1.165, 1.54) is 0 Å². The monoisotopic (exact) mass is 301 g/mol. The maximum Gasteiger partial charge on any atom is 0.234 e. The average molecular weight is 302 g/mol. The Labute approximate surface area is 128 Å². The number of carbonyl (C=O) groups is 1. The lowest BCUT2D eigenvalue weighted by molar-refractivity contribution is -0.119. The van der Waals surface area contributed by atoms with E-state index in [-0.39, 0.29) is 5.91 Å². The lowest BCUT2D eigenvalue weighted by Crippen LogP contribution is -2.26. The minimum atomic E-state index is -0.737. The number of benzene rings is 2. The topological polar surface area (TPSA) is 49.3 Å². The molecule has 1 atom stereocenters. The van der Waals surface area contributed by atoms with Crippen LogP contribution in [0, 0.1) is 0 Å². The molecule has 1 aliphatic rings. The molecular formula is C17H16ClNO2. The maximum absolute atomic E-state index is 12.0. The molecule has 0 saturated heterocycles. The van der Waals surface area contributed by atoms with Crippen LogP contribution in [0.3, 0.4) is 0 Å². The molecule has 2 aromatic carbocycles. The van der Waals surface area contributed by atoms with Crippen LogP contribution in [0.2, 0.25) is 5.02 Å². The van der Waals surface area contributed by atoms with Gasteiger partial charge < -0.3 is 10.4 Å². The van der Waals surface area contributed by atoms with Gasteiger partial charge >= 0.3 is 0 Å². The highest BCUT2D eigenvalue weighted by Crippen LogP contribution is 2.39. The summed E-state index contributed by atoms with van der Waals surface area (Å²) < 4.78 is 0. The van der Waals surface area contributed by atoms with Crippen molar-refractivity contribution in [3.8, 4) is 0 Å². The molecule has 21 heavy (non-hydrogen) atoms. The molecule has 0 aromatic heterocycles. The van der Waals surface area contributed by atoms with Crippen molar-refractivity contribution in [1.82, 2.24) is 0 Å². The van der Waals surface area contributed by atoms with Crippen molar-refractivity contribution in [2.24, 2.45) is 0 Å². The number of hydrogen-bond donors (Lipinski definition) is 2. The van der Waals surface area contributed by atoms with Gasteiger partial charge in [-0.3, -0.25) is 4.79 Å². The van der Waals surface area contributed by atoms with Gasteiger partial charge in [0.25, 0.3) is 0 Å². The molecule has 4 heteroatoms. The molecular weight excluding hydrogens is 286 g/mol. The van der Waals surface area contributed by atoms with Crippen LogP contribution < -0.4 is 5.32 Å². The van der Waals surface area contributed by atoms with Gasteiger partial charge in [-0.25, -0.2) is 0 Å². The van der Waals surface area contributed by atoms with Gasteiger partial charge in [-0.15, -0.1) is 0 Å². The van der Waals surface area contributed by atoms with Gasteiger partial charge in [-0.2, -0.15) is 0 Å².